The van der Waals surface area contributed by atoms with Crippen molar-refractivity contribution in [1.82, 2.24) is 25.0 Å². The van der Waals surface area contributed by atoms with Crippen LogP contribution in [0.15, 0.2) is 35.6 Å². The number of benzene rings is 1. The summed E-state index contributed by atoms with van der Waals surface area (Å²) in [5.74, 6) is 2.69. The Morgan fingerprint density at radius 2 is 2.11 bits per heavy atom. The number of methoxy groups -OCH3 is 1. The molecule has 0 saturated heterocycles. The van der Waals surface area contributed by atoms with Gasteiger partial charge < -0.3 is 15.0 Å². The van der Waals surface area contributed by atoms with Crippen molar-refractivity contribution in [2.45, 2.75) is 37.6 Å². The van der Waals surface area contributed by atoms with Gasteiger partial charge in [0.25, 0.3) is 0 Å². The van der Waals surface area contributed by atoms with Crippen LogP contribution in [0.4, 0.5) is 0 Å². The van der Waals surface area contributed by atoms with Crippen LogP contribution in [0.1, 0.15) is 37.1 Å². The summed E-state index contributed by atoms with van der Waals surface area (Å²) in [5, 5.41) is 7.74. The minimum absolute atomic E-state index is 0. The predicted molar refractivity (Wildman–Crippen MR) is 122 cm³/mol. The van der Waals surface area contributed by atoms with Gasteiger partial charge in [-0.25, -0.2) is 4.98 Å². The summed E-state index contributed by atoms with van der Waals surface area (Å²) in [7, 11) is 7.48. The summed E-state index contributed by atoms with van der Waals surface area (Å²) < 4.78 is 7.24. The van der Waals surface area contributed by atoms with E-state index in [2.05, 4.69) is 43.5 Å². The molecule has 8 heteroatoms. The number of rotatable bonds is 6. The lowest BCUT2D eigenvalue weighted by molar-refractivity contribution is 0.394. The van der Waals surface area contributed by atoms with Crippen molar-refractivity contribution in [3.63, 3.8) is 0 Å². The van der Waals surface area contributed by atoms with Gasteiger partial charge in [0.2, 0.25) is 0 Å². The lowest BCUT2D eigenvalue weighted by Crippen LogP contribution is -2.45. The fourth-order valence-corrected chi connectivity index (χ4v) is 3.96. The zero-order valence-corrected chi connectivity index (χ0v) is 19.5. The first-order valence-corrected chi connectivity index (χ1v) is 9.47. The molecular formula is C20H31IN6O. The summed E-state index contributed by atoms with van der Waals surface area (Å²) in [6.07, 6.45) is 6.45. The van der Waals surface area contributed by atoms with Gasteiger partial charge in [0.05, 0.1) is 13.7 Å². The van der Waals surface area contributed by atoms with E-state index in [1.54, 1.807) is 18.1 Å². The normalized spacial score (nSPS) is 15.8. The number of hydrogen-bond donors (Lipinski definition) is 1. The van der Waals surface area contributed by atoms with E-state index in [0.29, 0.717) is 6.54 Å². The second kappa shape index (κ2) is 10.1. The molecule has 28 heavy (non-hydrogen) atoms. The second-order valence-corrected chi connectivity index (χ2v) is 7.28. The van der Waals surface area contributed by atoms with E-state index in [-0.39, 0.29) is 29.4 Å². The van der Waals surface area contributed by atoms with Gasteiger partial charge in [-0.3, -0.25) is 9.67 Å². The van der Waals surface area contributed by atoms with Crippen molar-refractivity contribution in [2.75, 3.05) is 27.7 Å². The van der Waals surface area contributed by atoms with Gasteiger partial charge in [-0.05, 0) is 30.5 Å². The number of halogens is 1. The van der Waals surface area contributed by atoms with E-state index >= 15 is 0 Å². The van der Waals surface area contributed by atoms with Crippen LogP contribution in [0.25, 0.3) is 0 Å². The van der Waals surface area contributed by atoms with Crippen LogP contribution in [0.3, 0.4) is 0 Å². The standard InChI is InChI=1S/C20H30N6O.HI/c1-21-19(25(2)13-18-23-15-24-26(18)3)22-14-20(10-5-6-11-20)16-8-7-9-17(12-16)27-4;/h7-9,12,15H,5-6,10-11,13-14H2,1-4H3,(H,21,22);1H. The lowest BCUT2D eigenvalue weighted by atomic mass is 9.78. The minimum Gasteiger partial charge on any atom is -0.497 e. The molecule has 7 nitrogen and oxygen atoms in total. The summed E-state index contributed by atoms with van der Waals surface area (Å²) in [5.41, 5.74) is 1.47. The van der Waals surface area contributed by atoms with Gasteiger partial charge in [-0.15, -0.1) is 24.0 Å². The Labute approximate surface area is 184 Å². The van der Waals surface area contributed by atoms with Crippen LogP contribution >= 0.6 is 24.0 Å². The maximum atomic E-state index is 5.45. The minimum atomic E-state index is 0. The number of nitrogens with one attached hydrogen (secondary N) is 1. The van der Waals surface area contributed by atoms with Gasteiger partial charge >= 0.3 is 0 Å². The van der Waals surface area contributed by atoms with Crippen LogP contribution in [0.5, 0.6) is 5.75 Å². The van der Waals surface area contributed by atoms with Crippen molar-refractivity contribution in [3.8, 4) is 5.75 Å². The third kappa shape index (κ3) is 4.95. The Kier molecular flexibility index (Phi) is 8.09. The van der Waals surface area contributed by atoms with Crippen molar-refractivity contribution >= 4 is 29.9 Å². The number of aliphatic imine (C=N–C) groups is 1. The highest BCUT2D eigenvalue weighted by Crippen LogP contribution is 2.41. The third-order valence-electron chi connectivity index (χ3n) is 5.58. The number of aromatic nitrogens is 3. The highest BCUT2D eigenvalue weighted by Gasteiger charge is 2.36. The molecule has 154 valence electrons. The van der Waals surface area contributed by atoms with Crippen LogP contribution in [-0.4, -0.2) is 53.4 Å². The molecule has 0 bridgehead atoms. The van der Waals surface area contributed by atoms with E-state index < -0.39 is 0 Å². The molecule has 0 unspecified atom stereocenters. The van der Waals surface area contributed by atoms with Crippen LogP contribution in [-0.2, 0) is 19.0 Å². The largest absolute Gasteiger partial charge is 0.497 e. The van der Waals surface area contributed by atoms with Crippen LogP contribution in [0, 0.1) is 0 Å². The van der Waals surface area contributed by atoms with Crippen LogP contribution in [0.2, 0.25) is 0 Å². The maximum Gasteiger partial charge on any atom is 0.193 e. The molecule has 1 aliphatic rings. The van der Waals surface area contributed by atoms with Gasteiger partial charge in [0.1, 0.15) is 17.9 Å². The third-order valence-corrected chi connectivity index (χ3v) is 5.58. The highest BCUT2D eigenvalue weighted by atomic mass is 127. The number of aryl methyl sites for hydroxylation is 1. The van der Waals surface area contributed by atoms with Crippen molar-refractivity contribution in [3.05, 3.63) is 42.0 Å². The van der Waals surface area contributed by atoms with E-state index in [0.717, 1.165) is 24.1 Å². The SMILES string of the molecule is CN=C(NCC1(c2cccc(OC)c2)CCCC1)N(C)Cc1ncnn1C.I. The summed E-state index contributed by atoms with van der Waals surface area (Å²) in [6, 6.07) is 8.50. The molecule has 0 spiro atoms. The zero-order valence-electron chi connectivity index (χ0n) is 17.2. The Bertz CT molecular complexity index is 785. The van der Waals surface area contributed by atoms with E-state index in [9.17, 15) is 0 Å². The summed E-state index contributed by atoms with van der Waals surface area (Å²) in [4.78, 5) is 10.9. The molecule has 0 aliphatic heterocycles. The number of hydrogen-bond acceptors (Lipinski definition) is 4. The Balaban J connectivity index is 0.00000280. The van der Waals surface area contributed by atoms with Crippen molar-refractivity contribution < 1.29 is 4.74 Å². The Morgan fingerprint density at radius 3 is 2.71 bits per heavy atom. The van der Waals surface area contributed by atoms with Gasteiger partial charge in [-0.1, -0.05) is 25.0 Å². The lowest BCUT2D eigenvalue weighted by Gasteiger charge is -2.32. The molecule has 1 N–H and O–H groups in total. The monoisotopic (exact) mass is 498 g/mol. The van der Waals surface area contributed by atoms with Gasteiger partial charge in [0.15, 0.2) is 5.96 Å². The van der Waals surface area contributed by atoms with Crippen molar-refractivity contribution in [2.24, 2.45) is 12.0 Å². The van der Waals surface area contributed by atoms with Crippen LogP contribution < -0.4 is 10.1 Å². The maximum absolute atomic E-state index is 5.45. The number of guanidine groups is 1. The quantitative estimate of drug-likeness (QED) is 0.377. The molecule has 0 radical (unpaired) electrons. The molecule has 1 heterocycles. The molecule has 2 aromatic rings. The zero-order chi connectivity index (χ0) is 19.3. The molecule has 0 atom stereocenters. The van der Waals surface area contributed by atoms with Gasteiger partial charge in [-0.2, -0.15) is 5.10 Å². The van der Waals surface area contributed by atoms with E-state index in [1.807, 2.05) is 27.2 Å². The number of ether oxygens (including phenoxy) is 1. The molecule has 3 rings (SSSR count). The topological polar surface area (TPSA) is 67.6 Å². The first-order chi connectivity index (χ1) is 13.1. The molecular weight excluding hydrogens is 467 g/mol. The number of nitrogens with zero attached hydrogens (tertiary/aromatic N) is 5. The fraction of sp³-hybridized carbons (Fsp3) is 0.550. The smallest absolute Gasteiger partial charge is 0.193 e. The average molecular weight is 498 g/mol. The average Bonchev–Trinajstić information content (AvgIpc) is 3.32. The summed E-state index contributed by atoms with van der Waals surface area (Å²) >= 11 is 0. The molecule has 0 amide bonds. The molecule has 1 aromatic carbocycles. The predicted octanol–water partition coefficient (Wildman–Crippen LogP) is 2.96. The molecule has 1 saturated carbocycles. The first-order valence-electron chi connectivity index (χ1n) is 9.47. The fourth-order valence-electron chi connectivity index (χ4n) is 3.96. The molecule has 1 aliphatic carbocycles. The first kappa shape index (κ1) is 22.4. The molecule has 1 aromatic heterocycles. The van der Waals surface area contributed by atoms with Crippen molar-refractivity contribution in [1.29, 1.82) is 0 Å². The highest BCUT2D eigenvalue weighted by molar-refractivity contribution is 14.0. The van der Waals surface area contributed by atoms with Gasteiger partial charge in [0, 0.05) is 33.1 Å². The summed E-state index contributed by atoms with van der Waals surface area (Å²) in [6.45, 7) is 1.51. The Morgan fingerprint density at radius 1 is 1.36 bits per heavy atom. The van der Waals surface area contributed by atoms with E-state index in [1.165, 1.54) is 31.2 Å². The van der Waals surface area contributed by atoms with E-state index in [4.69, 9.17) is 4.74 Å². The second-order valence-electron chi connectivity index (χ2n) is 7.28. The Hall–Kier alpha value is -1.84. The molecule has 1 fully saturated rings.